The van der Waals surface area contributed by atoms with Gasteiger partial charge in [0.15, 0.2) is 6.29 Å². The number of carbonyl (C=O) groups is 1. The smallest absolute Gasteiger partial charge is 0.363 e. The van der Waals surface area contributed by atoms with Gasteiger partial charge in [-0.1, -0.05) is 19.1 Å². The molecule has 2 N–H and O–H groups in total. The van der Waals surface area contributed by atoms with E-state index in [0.29, 0.717) is 48.1 Å². The molecule has 1 saturated carbocycles. The fraction of sp³-hybridized carbons (Fsp3) is 0.522. The fourth-order valence-electron chi connectivity index (χ4n) is 3.83. The van der Waals surface area contributed by atoms with E-state index >= 15 is 0 Å². The van der Waals surface area contributed by atoms with Gasteiger partial charge in [0.1, 0.15) is 11.6 Å². The Hall–Kier alpha value is -2.72. The molecular weight excluding hydrogens is 437 g/mol. The molecule has 1 amide bonds. The predicted molar refractivity (Wildman–Crippen MR) is 114 cm³/mol. The molecule has 2 fully saturated rings. The van der Waals surface area contributed by atoms with Crippen molar-refractivity contribution in [3.05, 3.63) is 52.5 Å². The average molecular weight is 464 g/mol. The lowest BCUT2D eigenvalue weighted by Crippen LogP contribution is -2.28. The summed E-state index contributed by atoms with van der Waals surface area (Å²) in [7, 11) is 0. The highest BCUT2D eigenvalue weighted by molar-refractivity contribution is 5.79. The molecule has 2 heterocycles. The van der Waals surface area contributed by atoms with Crippen LogP contribution in [-0.4, -0.2) is 35.1 Å². The minimum Gasteiger partial charge on any atom is -0.363 e. The number of aromatic nitrogens is 2. The number of alkyl halides is 3. The molecule has 4 rings (SSSR count). The van der Waals surface area contributed by atoms with Crippen LogP contribution in [0.25, 0.3) is 0 Å². The number of nitrogens with one attached hydrogen (secondary N) is 2. The first-order valence-electron chi connectivity index (χ1n) is 11.1. The standard InChI is InChI=1S/C23H27F3N4O3/c1-3-17(14-5-4-6-15(11-14)23(24,25)26)30-21-20(22-32-9-10-33-22)18(27-13(2)28-21)12-19(31)29-16-7-8-16/h4-6,11,16-17,22H,3,7-10,12H2,1-2H3,(H,29,31)(H,27,28,30). The van der Waals surface area contributed by atoms with E-state index in [9.17, 15) is 18.0 Å². The van der Waals surface area contributed by atoms with Crippen LogP contribution in [0, 0.1) is 6.92 Å². The number of carbonyl (C=O) groups excluding carboxylic acids is 1. The first-order valence-corrected chi connectivity index (χ1v) is 11.1. The summed E-state index contributed by atoms with van der Waals surface area (Å²) in [5.41, 5.74) is 0.762. The highest BCUT2D eigenvalue weighted by atomic mass is 19.4. The van der Waals surface area contributed by atoms with Crippen molar-refractivity contribution in [1.29, 1.82) is 0 Å². The molecule has 0 spiro atoms. The zero-order chi connectivity index (χ0) is 23.6. The Morgan fingerprint density at radius 3 is 2.58 bits per heavy atom. The van der Waals surface area contributed by atoms with Crippen molar-refractivity contribution < 1.29 is 27.4 Å². The number of hydrogen-bond donors (Lipinski definition) is 2. The van der Waals surface area contributed by atoms with E-state index in [4.69, 9.17) is 9.47 Å². The number of nitrogens with zero attached hydrogens (tertiary/aromatic N) is 2. The van der Waals surface area contributed by atoms with E-state index < -0.39 is 24.1 Å². The summed E-state index contributed by atoms with van der Waals surface area (Å²) in [6.07, 6.45) is -2.70. The van der Waals surface area contributed by atoms with Crippen LogP contribution in [0.5, 0.6) is 0 Å². The molecule has 2 aromatic rings. The molecule has 33 heavy (non-hydrogen) atoms. The second-order valence-corrected chi connectivity index (χ2v) is 8.30. The van der Waals surface area contributed by atoms with Gasteiger partial charge < -0.3 is 20.1 Å². The number of aryl methyl sites for hydroxylation is 1. The normalized spacial score (nSPS) is 17.7. The van der Waals surface area contributed by atoms with E-state index in [-0.39, 0.29) is 18.4 Å². The van der Waals surface area contributed by atoms with Crippen LogP contribution in [0.15, 0.2) is 24.3 Å². The van der Waals surface area contributed by atoms with Crippen LogP contribution in [0.1, 0.15) is 66.7 Å². The minimum absolute atomic E-state index is 0.0352. The van der Waals surface area contributed by atoms with Gasteiger partial charge in [-0.3, -0.25) is 4.79 Å². The summed E-state index contributed by atoms with van der Waals surface area (Å²) >= 11 is 0. The zero-order valence-electron chi connectivity index (χ0n) is 18.5. The Balaban J connectivity index is 1.67. The van der Waals surface area contributed by atoms with Crippen molar-refractivity contribution in [1.82, 2.24) is 15.3 Å². The van der Waals surface area contributed by atoms with E-state index in [1.807, 2.05) is 6.92 Å². The molecule has 2 aliphatic rings. The molecule has 1 aromatic carbocycles. The van der Waals surface area contributed by atoms with Crippen LogP contribution < -0.4 is 10.6 Å². The van der Waals surface area contributed by atoms with Gasteiger partial charge in [-0.2, -0.15) is 13.2 Å². The van der Waals surface area contributed by atoms with Gasteiger partial charge in [-0.15, -0.1) is 0 Å². The second-order valence-electron chi connectivity index (χ2n) is 8.30. The summed E-state index contributed by atoms with van der Waals surface area (Å²) < 4.78 is 51.1. The molecule has 1 saturated heterocycles. The fourth-order valence-corrected chi connectivity index (χ4v) is 3.83. The first-order chi connectivity index (χ1) is 15.7. The van der Waals surface area contributed by atoms with E-state index in [1.54, 1.807) is 13.0 Å². The van der Waals surface area contributed by atoms with Gasteiger partial charge in [-0.25, -0.2) is 9.97 Å². The molecule has 7 nitrogen and oxygen atoms in total. The van der Waals surface area contributed by atoms with Gasteiger partial charge in [0.05, 0.1) is 42.5 Å². The number of ether oxygens (including phenoxy) is 2. The van der Waals surface area contributed by atoms with Gasteiger partial charge in [0.2, 0.25) is 5.91 Å². The van der Waals surface area contributed by atoms with Crippen molar-refractivity contribution in [2.45, 2.75) is 64.1 Å². The van der Waals surface area contributed by atoms with Crippen LogP contribution in [0.3, 0.4) is 0 Å². The lowest BCUT2D eigenvalue weighted by atomic mass is 10.0. The Morgan fingerprint density at radius 1 is 1.21 bits per heavy atom. The summed E-state index contributed by atoms with van der Waals surface area (Å²) in [4.78, 5) is 21.5. The van der Waals surface area contributed by atoms with Gasteiger partial charge >= 0.3 is 6.18 Å². The third-order valence-corrected chi connectivity index (χ3v) is 5.60. The molecule has 1 aliphatic heterocycles. The van der Waals surface area contributed by atoms with E-state index in [2.05, 4.69) is 20.6 Å². The van der Waals surface area contributed by atoms with E-state index in [0.717, 1.165) is 25.0 Å². The molecule has 1 unspecified atom stereocenters. The molecule has 1 aliphatic carbocycles. The van der Waals surface area contributed by atoms with Gasteiger partial charge in [-0.05, 0) is 43.9 Å². The van der Waals surface area contributed by atoms with Gasteiger partial charge in [0, 0.05) is 6.04 Å². The Morgan fingerprint density at radius 2 is 1.94 bits per heavy atom. The summed E-state index contributed by atoms with van der Waals surface area (Å²) in [5, 5.41) is 6.22. The zero-order valence-corrected chi connectivity index (χ0v) is 18.5. The van der Waals surface area contributed by atoms with Crippen LogP contribution in [0.2, 0.25) is 0 Å². The van der Waals surface area contributed by atoms with Crippen molar-refractivity contribution >= 4 is 11.7 Å². The quantitative estimate of drug-likeness (QED) is 0.608. The third kappa shape index (κ3) is 5.80. The Kier molecular flexibility index (Phi) is 6.85. The SMILES string of the molecule is CCC(Nc1nc(C)nc(CC(=O)NC2CC2)c1C1OCCO1)c1cccc(C(F)(F)F)c1. The van der Waals surface area contributed by atoms with Crippen molar-refractivity contribution in [2.24, 2.45) is 0 Å². The number of rotatable bonds is 8. The number of halogens is 3. The summed E-state index contributed by atoms with van der Waals surface area (Å²) in [5.74, 6) is 0.686. The van der Waals surface area contributed by atoms with Crippen molar-refractivity contribution in [3.63, 3.8) is 0 Å². The topological polar surface area (TPSA) is 85.4 Å². The van der Waals surface area contributed by atoms with Crippen LogP contribution >= 0.6 is 0 Å². The lowest BCUT2D eigenvalue weighted by Gasteiger charge is -2.24. The van der Waals surface area contributed by atoms with Crippen molar-refractivity contribution in [3.8, 4) is 0 Å². The maximum atomic E-state index is 13.2. The first kappa shape index (κ1) is 23.4. The number of hydrogen-bond acceptors (Lipinski definition) is 6. The molecule has 1 atom stereocenters. The average Bonchev–Trinajstić information content (AvgIpc) is 3.40. The molecular formula is C23H27F3N4O3. The third-order valence-electron chi connectivity index (χ3n) is 5.60. The molecule has 178 valence electrons. The predicted octanol–water partition coefficient (Wildman–Crippen LogP) is 4.23. The molecule has 0 bridgehead atoms. The largest absolute Gasteiger partial charge is 0.416 e. The maximum Gasteiger partial charge on any atom is 0.416 e. The maximum absolute atomic E-state index is 13.2. The monoisotopic (exact) mass is 464 g/mol. The second kappa shape index (κ2) is 9.64. The van der Waals surface area contributed by atoms with Crippen LogP contribution in [-0.2, 0) is 26.9 Å². The summed E-state index contributed by atoms with van der Waals surface area (Å²) in [6, 6.07) is 5.00. The van der Waals surface area contributed by atoms with Crippen LogP contribution in [0.4, 0.5) is 19.0 Å². The molecule has 1 aromatic heterocycles. The van der Waals surface area contributed by atoms with Crippen molar-refractivity contribution in [2.75, 3.05) is 18.5 Å². The number of amides is 1. The lowest BCUT2D eigenvalue weighted by molar-refractivity contribution is -0.137. The van der Waals surface area contributed by atoms with Gasteiger partial charge in [0.25, 0.3) is 0 Å². The molecule has 10 heteroatoms. The highest BCUT2D eigenvalue weighted by Gasteiger charge is 2.32. The highest BCUT2D eigenvalue weighted by Crippen LogP contribution is 2.36. The number of anilines is 1. The summed E-state index contributed by atoms with van der Waals surface area (Å²) in [6.45, 7) is 4.35. The minimum atomic E-state index is -4.43. The Bertz CT molecular complexity index is 1000. The number of benzene rings is 1. The Labute approximate surface area is 190 Å². The van der Waals surface area contributed by atoms with E-state index in [1.165, 1.54) is 6.07 Å². The molecule has 0 radical (unpaired) electrons.